The van der Waals surface area contributed by atoms with E-state index >= 15 is 0 Å². The number of nitrogens with one attached hydrogen (secondary N) is 1. The second kappa shape index (κ2) is 9.07. The van der Waals surface area contributed by atoms with Crippen molar-refractivity contribution in [3.8, 4) is 0 Å². The van der Waals surface area contributed by atoms with Crippen molar-refractivity contribution in [1.29, 1.82) is 0 Å². The minimum atomic E-state index is -0.644. The summed E-state index contributed by atoms with van der Waals surface area (Å²) in [6, 6.07) is 8.54. The Labute approximate surface area is 133 Å². The third-order valence-corrected chi connectivity index (χ3v) is 3.77. The number of carbonyl (C=O) groups is 2. The van der Waals surface area contributed by atoms with E-state index in [9.17, 15) is 9.59 Å². The molecule has 0 aromatic heterocycles. The monoisotopic (exact) mass is 305 g/mol. The van der Waals surface area contributed by atoms with Gasteiger partial charge in [-0.1, -0.05) is 30.3 Å². The average Bonchev–Trinajstić information content (AvgIpc) is 2.55. The minimum absolute atomic E-state index is 0.0725. The van der Waals surface area contributed by atoms with Gasteiger partial charge in [0, 0.05) is 26.2 Å². The summed E-state index contributed by atoms with van der Waals surface area (Å²) in [7, 11) is 0. The molecule has 0 heterocycles. The summed E-state index contributed by atoms with van der Waals surface area (Å²) >= 11 is 0. The van der Waals surface area contributed by atoms with Crippen molar-refractivity contribution in [3.05, 3.63) is 35.9 Å². The zero-order valence-corrected chi connectivity index (χ0v) is 14.0. The van der Waals surface area contributed by atoms with E-state index in [1.165, 1.54) is 0 Å². The Balaban J connectivity index is 3.02. The Hall–Kier alpha value is -2.04. The first kappa shape index (κ1) is 18.0. The topological polar surface area (TPSA) is 52.7 Å². The molecule has 122 valence electrons. The van der Waals surface area contributed by atoms with Gasteiger partial charge in [-0.3, -0.25) is 4.79 Å². The maximum Gasteiger partial charge on any atom is 0.318 e. The molecule has 22 heavy (non-hydrogen) atoms. The van der Waals surface area contributed by atoms with E-state index in [1.54, 1.807) is 9.80 Å². The van der Waals surface area contributed by atoms with Gasteiger partial charge >= 0.3 is 6.03 Å². The molecule has 0 unspecified atom stereocenters. The molecule has 0 saturated carbocycles. The lowest BCUT2D eigenvalue weighted by atomic mass is 10.1. The fourth-order valence-corrected chi connectivity index (χ4v) is 2.38. The fourth-order valence-electron chi connectivity index (χ4n) is 2.38. The molecule has 0 spiro atoms. The van der Waals surface area contributed by atoms with Crippen molar-refractivity contribution in [2.75, 3.05) is 26.2 Å². The summed E-state index contributed by atoms with van der Waals surface area (Å²) in [5, 5.41) is 2.88. The quantitative estimate of drug-likeness (QED) is 0.842. The van der Waals surface area contributed by atoms with Crippen molar-refractivity contribution in [2.45, 2.75) is 33.7 Å². The van der Waals surface area contributed by atoms with Gasteiger partial charge in [0.25, 0.3) is 0 Å². The number of nitrogens with zero attached hydrogens (tertiary/aromatic N) is 2. The summed E-state index contributed by atoms with van der Waals surface area (Å²) in [5.74, 6) is -0.0725. The maximum absolute atomic E-state index is 12.7. The van der Waals surface area contributed by atoms with Gasteiger partial charge in [-0.15, -0.1) is 0 Å². The molecule has 1 N–H and O–H groups in total. The summed E-state index contributed by atoms with van der Waals surface area (Å²) < 4.78 is 0. The van der Waals surface area contributed by atoms with Crippen LogP contribution in [-0.2, 0) is 4.79 Å². The van der Waals surface area contributed by atoms with Crippen molar-refractivity contribution >= 4 is 11.9 Å². The van der Waals surface area contributed by atoms with E-state index in [4.69, 9.17) is 0 Å². The lowest BCUT2D eigenvalue weighted by Crippen LogP contribution is -2.47. The zero-order valence-electron chi connectivity index (χ0n) is 14.0. The van der Waals surface area contributed by atoms with E-state index in [1.807, 2.05) is 58.0 Å². The molecule has 5 heteroatoms. The minimum Gasteiger partial charge on any atom is -0.341 e. The Morgan fingerprint density at radius 1 is 0.909 bits per heavy atom. The van der Waals surface area contributed by atoms with Crippen molar-refractivity contribution in [3.63, 3.8) is 0 Å². The van der Waals surface area contributed by atoms with Crippen LogP contribution in [0.3, 0.4) is 0 Å². The van der Waals surface area contributed by atoms with Crippen molar-refractivity contribution in [2.24, 2.45) is 0 Å². The summed E-state index contributed by atoms with van der Waals surface area (Å²) in [6.45, 7) is 10.2. The number of urea groups is 1. The number of benzene rings is 1. The standard InChI is InChI=1S/C17H27N3O2/c1-5-19(6-2)16(21)15(14-12-10-9-11-13-14)18-17(22)20(7-3)8-4/h9-13,15H,5-8H2,1-4H3,(H,18,22)/t15-/m0/s1. The van der Waals surface area contributed by atoms with Gasteiger partial charge in [-0.2, -0.15) is 0 Å². The third kappa shape index (κ3) is 4.48. The molecular weight excluding hydrogens is 278 g/mol. The number of carbonyl (C=O) groups excluding carboxylic acids is 2. The van der Waals surface area contributed by atoms with Crippen LogP contribution in [0.2, 0.25) is 0 Å². The van der Waals surface area contributed by atoms with E-state index in [-0.39, 0.29) is 11.9 Å². The van der Waals surface area contributed by atoms with Crippen LogP contribution in [0.5, 0.6) is 0 Å². The second-order valence-corrected chi connectivity index (χ2v) is 4.98. The van der Waals surface area contributed by atoms with E-state index in [0.717, 1.165) is 5.56 Å². The highest BCUT2D eigenvalue weighted by Gasteiger charge is 2.27. The Kier molecular flexibility index (Phi) is 7.43. The predicted octanol–water partition coefficient (Wildman–Crippen LogP) is 2.65. The lowest BCUT2D eigenvalue weighted by molar-refractivity contribution is -0.133. The molecule has 1 aromatic rings. The van der Waals surface area contributed by atoms with Gasteiger partial charge in [-0.05, 0) is 33.3 Å². The van der Waals surface area contributed by atoms with Gasteiger partial charge in [0.2, 0.25) is 5.91 Å². The molecule has 1 rings (SSSR count). The molecule has 0 fully saturated rings. The van der Waals surface area contributed by atoms with Crippen LogP contribution < -0.4 is 5.32 Å². The summed E-state index contributed by atoms with van der Waals surface area (Å²) in [4.78, 5) is 28.5. The molecule has 3 amide bonds. The fraction of sp³-hybridized carbons (Fsp3) is 0.529. The van der Waals surface area contributed by atoms with Crippen LogP contribution in [0.25, 0.3) is 0 Å². The molecule has 0 radical (unpaired) electrons. The number of hydrogen-bond donors (Lipinski definition) is 1. The van der Waals surface area contributed by atoms with Crippen molar-refractivity contribution < 1.29 is 9.59 Å². The van der Waals surface area contributed by atoms with E-state index < -0.39 is 6.04 Å². The number of hydrogen-bond acceptors (Lipinski definition) is 2. The SMILES string of the molecule is CCN(CC)C(=O)N[C@H](C(=O)N(CC)CC)c1ccccc1. The van der Waals surface area contributed by atoms with Gasteiger partial charge in [0.1, 0.15) is 6.04 Å². The molecule has 0 bridgehead atoms. The zero-order chi connectivity index (χ0) is 16.5. The van der Waals surface area contributed by atoms with Gasteiger partial charge < -0.3 is 15.1 Å². The molecule has 1 aromatic carbocycles. The predicted molar refractivity (Wildman–Crippen MR) is 88.6 cm³/mol. The van der Waals surface area contributed by atoms with Crippen LogP contribution in [-0.4, -0.2) is 47.9 Å². The first-order valence-electron chi connectivity index (χ1n) is 7.98. The molecule has 0 aliphatic carbocycles. The molecule has 0 saturated heterocycles. The Morgan fingerprint density at radius 3 is 1.86 bits per heavy atom. The van der Waals surface area contributed by atoms with Gasteiger partial charge in [0.15, 0.2) is 0 Å². The largest absolute Gasteiger partial charge is 0.341 e. The van der Waals surface area contributed by atoms with Gasteiger partial charge in [-0.25, -0.2) is 4.79 Å². The van der Waals surface area contributed by atoms with Crippen LogP contribution in [0, 0.1) is 0 Å². The van der Waals surface area contributed by atoms with Crippen LogP contribution in [0.4, 0.5) is 4.79 Å². The highest BCUT2D eigenvalue weighted by Crippen LogP contribution is 2.16. The molecule has 5 nitrogen and oxygen atoms in total. The maximum atomic E-state index is 12.7. The molecule has 0 aliphatic rings. The lowest BCUT2D eigenvalue weighted by Gasteiger charge is -2.28. The van der Waals surface area contributed by atoms with Crippen molar-refractivity contribution in [1.82, 2.24) is 15.1 Å². The summed E-state index contributed by atoms with van der Waals surface area (Å²) in [6.07, 6.45) is 0. The van der Waals surface area contributed by atoms with Crippen LogP contribution in [0.1, 0.15) is 39.3 Å². The average molecular weight is 305 g/mol. The number of likely N-dealkylation sites (N-methyl/N-ethyl adjacent to an activating group) is 1. The first-order valence-corrected chi connectivity index (χ1v) is 7.98. The second-order valence-electron chi connectivity index (χ2n) is 4.98. The van der Waals surface area contributed by atoms with Crippen LogP contribution in [0.15, 0.2) is 30.3 Å². The third-order valence-electron chi connectivity index (χ3n) is 3.77. The Morgan fingerprint density at radius 2 is 1.41 bits per heavy atom. The Bertz CT molecular complexity index is 468. The highest BCUT2D eigenvalue weighted by molar-refractivity contribution is 5.88. The normalized spacial score (nSPS) is 11.6. The highest BCUT2D eigenvalue weighted by atomic mass is 16.2. The van der Waals surface area contributed by atoms with Gasteiger partial charge in [0.05, 0.1) is 0 Å². The molecular formula is C17H27N3O2. The summed E-state index contributed by atoms with van der Waals surface area (Å²) in [5.41, 5.74) is 0.805. The molecule has 0 aliphatic heterocycles. The molecule has 1 atom stereocenters. The first-order chi connectivity index (χ1) is 10.6. The number of rotatable bonds is 7. The van der Waals surface area contributed by atoms with E-state index in [0.29, 0.717) is 26.2 Å². The van der Waals surface area contributed by atoms with E-state index in [2.05, 4.69) is 5.32 Å². The number of amides is 3. The smallest absolute Gasteiger partial charge is 0.318 e. The van der Waals surface area contributed by atoms with Crippen LogP contribution >= 0.6 is 0 Å².